The first kappa shape index (κ1) is 22.5. The van der Waals surface area contributed by atoms with Crippen molar-refractivity contribution in [1.82, 2.24) is 9.29 Å². The van der Waals surface area contributed by atoms with Crippen LogP contribution in [0.3, 0.4) is 0 Å². The Morgan fingerprint density at radius 1 is 1.12 bits per heavy atom. The molecular formula is C22H28N4O5S. The highest BCUT2D eigenvalue weighted by Crippen LogP contribution is 2.30. The highest BCUT2D eigenvalue weighted by Gasteiger charge is 2.33. The molecule has 0 spiro atoms. The minimum absolute atomic E-state index is 0.0416. The summed E-state index contributed by atoms with van der Waals surface area (Å²) in [5, 5.41) is 2.95. The first-order valence-corrected chi connectivity index (χ1v) is 12.2. The number of carbonyl (C=O) groups is 1. The predicted molar refractivity (Wildman–Crippen MR) is 120 cm³/mol. The first-order chi connectivity index (χ1) is 15.5. The standard InChI is InChI=1S/C22H28N4O5S/c1-30-19-5-2-4-18(16-19)24-22(27)17-7-10-25(11-8-17)21-20(6-3-9-23-21)32(28,29)26-12-14-31-15-13-26/h2-6,9,16-17H,7-8,10-15H2,1H3,(H,24,27). The van der Waals surface area contributed by atoms with Crippen LogP contribution in [-0.4, -0.2) is 70.1 Å². The van der Waals surface area contributed by atoms with Gasteiger partial charge in [-0.15, -0.1) is 0 Å². The number of aromatic nitrogens is 1. The van der Waals surface area contributed by atoms with Crippen LogP contribution in [0.25, 0.3) is 0 Å². The zero-order valence-electron chi connectivity index (χ0n) is 18.1. The van der Waals surface area contributed by atoms with Crippen molar-refractivity contribution in [3.63, 3.8) is 0 Å². The molecule has 0 saturated carbocycles. The van der Waals surface area contributed by atoms with Gasteiger partial charge in [0.1, 0.15) is 16.5 Å². The van der Waals surface area contributed by atoms with Crippen LogP contribution in [0, 0.1) is 5.92 Å². The number of benzene rings is 1. The maximum Gasteiger partial charge on any atom is 0.246 e. The lowest BCUT2D eigenvalue weighted by Crippen LogP contribution is -2.42. The van der Waals surface area contributed by atoms with Crippen LogP contribution in [0.1, 0.15) is 12.8 Å². The lowest BCUT2D eigenvalue weighted by molar-refractivity contribution is -0.120. The third-order valence-electron chi connectivity index (χ3n) is 5.84. The van der Waals surface area contributed by atoms with Crippen LogP contribution in [0.2, 0.25) is 0 Å². The predicted octanol–water partition coefficient (Wildman–Crippen LogP) is 1.97. The monoisotopic (exact) mass is 460 g/mol. The molecule has 2 fully saturated rings. The second-order valence-corrected chi connectivity index (χ2v) is 9.73. The Morgan fingerprint density at radius 2 is 1.88 bits per heavy atom. The van der Waals surface area contributed by atoms with E-state index >= 15 is 0 Å². The third-order valence-corrected chi connectivity index (χ3v) is 7.76. The fourth-order valence-electron chi connectivity index (χ4n) is 4.05. The minimum Gasteiger partial charge on any atom is -0.497 e. The van der Waals surface area contributed by atoms with Crippen LogP contribution in [0.4, 0.5) is 11.5 Å². The summed E-state index contributed by atoms with van der Waals surface area (Å²) in [7, 11) is -2.08. The molecule has 0 aliphatic carbocycles. The summed E-state index contributed by atoms with van der Waals surface area (Å²) in [6.45, 7) is 2.56. The van der Waals surface area contributed by atoms with Crippen LogP contribution in [-0.2, 0) is 19.6 Å². The fraction of sp³-hybridized carbons (Fsp3) is 0.455. The second kappa shape index (κ2) is 9.85. The fourth-order valence-corrected chi connectivity index (χ4v) is 5.62. The van der Waals surface area contributed by atoms with Crippen molar-refractivity contribution in [2.24, 2.45) is 5.92 Å². The first-order valence-electron chi connectivity index (χ1n) is 10.7. The third kappa shape index (κ3) is 4.87. The van der Waals surface area contributed by atoms with Crippen molar-refractivity contribution < 1.29 is 22.7 Å². The molecule has 10 heteroatoms. The Morgan fingerprint density at radius 3 is 2.59 bits per heavy atom. The summed E-state index contributed by atoms with van der Waals surface area (Å²) in [5.74, 6) is 0.938. The normalized spacial score (nSPS) is 18.3. The van der Waals surface area contributed by atoms with Gasteiger partial charge in [0.15, 0.2) is 0 Å². The molecule has 1 aromatic heterocycles. The average molecular weight is 461 g/mol. The summed E-state index contributed by atoms with van der Waals surface area (Å²) in [4.78, 5) is 19.3. The molecule has 1 aromatic carbocycles. The summed E-state index contributed by atoms with van der Waals surface area (Å²) < 4.78 is 38.4. The number of anilines is 2. The highest BCUT2D eigenvalue weighted by atomic mass is 32.2. The van der Waals surface area contributed by atoms with Crippen LogP contribution in [0.15, 0.2) is 47.5 Å². The summed E-state index contributed by atoms with van der Waals surface area (Å²) in [6, 6.07) is 10.5. The Hall–Kier alpha value is -2.69. The van der Waals surface area contributed by atoms with E-state index in [4.69, 9.17) is 9.47 Å². The Balaban J connectivity index is 1.43. The SMILES string of the molecule is COc1cccc(NC(=O)C2CCN(c3ncccc3S(=O)(=O)N3CCOCC3)CC2)c1. The number of ether oxygens (including phenoxy) is 2. The number of rotatable bonds is 6. The van der Waals surface area contributed by atoms with Gasteiger partial charge in [0.2, 0.25) is 15.9 Å². The highest BCUT2D eigenvalue weighted by molar-refractivity contribution is 7.89. The van der Waals surface area contributed by atoms with E-state index in [1.54, 1.807) is 31.5 Å². The molecule has 0 radical (unpaired) electrons. The van der Waals surface area contributed by atoms with E-state index in [0.29, 0.717) is 69.5 Å². The van der Waals surface area contributed by atoms with Gasteiger partial charge in [0, 0.05) is 50.0 Å². The van der Waals surface area contributed by atoms with Gasteiger partial charge >= 0.3 is 0 Å². The van der Waals surface area contributed by atoms with Crippen LogP contribution in [0.5, 0.6) is 5.75 Å². The molecule has 1 amide bonds. The number of piperidine rings is 1. The van der Waals surface area contributed by atoms with E-state index in [1.165, 1.54) is 4.31 Å². The number of nitrogens with zero attached hydrogens (tertiary/aromatic N) is 3. The smallest absolute Gasteiger partial charge is 0.246 e. The molecule has 9 nitrogen and oxygen atoms in total. The number of pyridine rings is 1. The number of hydrogen-bond donors (Lipinski definition) is 1. The maximum atomic E-state index is 13.2. The summed E-state index contributed by atoms with van der Waals surface area (Å²) in [5.41, 5.74) is 0.695. The minimum atomic E-state index is -3.66. The van der Waals surface area contributed by atoms with Gasteiger partial charge in [-0.2, -0.15) is 4.31 Å². The molecule has 2 aliphatic rings. The van der Waals surface area contributed by atoms with Gasteiger partial charge in [-0.05, 0) is 37.1 Å². The van der Waals surface area contributed by atoms with Gasteiger partial charge in [-0.25, -0.2) is 13.4 Å². The number of morpholine rings is 1. The number of amides is 1. The van der Waals surface area contributed by atoms with Crippen LogP contribution < -0.4 is 15.0 Å². The van der Waals surface area contributed by atoms with Gasteiger partial charge in [0.25, 0.3) is 0 Å². The molecule has 2 aromatic rings. The summed E-state index contributed by atoms with van der Waals surface area (Å²) >= 11 is 0. The molecule has 0 atom stereocenters. The molecule has 172 valence electrons. The van der Waals surface area contributed by atoms with Crippen molar-refractivity contribution in [3.8, 4) is 5.75 Å². The molecule has 2 aliphatic heterocycles. The lowest BCUT2D eigenvalue weighted by Gasteiger charge is -2.34. The molecular weight excluding hydrogens is 432 g/mol. The quantitative estimate of drug-likeness (QED) is 0.703. The lowest BCUT2D eigenvalue weighted by atomic mass is 9.95. The molecule has 32 heavy (non-hydrogen) atoms. The van der Waals surface area contributed by atoms with Gasteiger partial charge < -0.3 is 19.7 Å². The number of nitrogens with one attached hydrogen (secondary N) is 1. The molecule has 2 saturated heterocycles. The van der Waals surface area contributed by atoms with E-state index < -0.39 is 10.0 Å². The number of sulfonamides is 1. The van der Waals surface area contributed by atoms with Crippen molar-refractivity contribution in [2.45, 2.75) is 17.7 Å². The average Bonchev–Trinajstić information content (AvgIpc) is 2.85. The molecule has 3 heterocycles. The maximum absolute atomic E-state index is 13.2. The van der Waals surface area contributed by atoms with Crippen molar-refractivity contribution in [3.05, 3.63) is 42.6 Å². The van der Waals surface area contributed by atoms with Crippen molar-refractivity contribution >= 4 is 27.4 Å². The zero-order valence-corrected chi connectivity index (χ0v) is 18.9. The second-order valence-electron chi connectivity index (χ2n) is 7.82. The Bertz CT molecular complexity index is 1050. The largest absolute Gasteiger partial charge is 0.497 e. The van der Waals surface area contributed by atoms with E-state index in [1.807, 2.05) is 23.1 Å². The van der Waals surface area contributed by atoms with Crippen LogP contribution >= 0.6 is 0 Å². The van der Waals surface area contributed by atoms with E-state index in [2.05, 4.69) is 10.3 Å². The van der Waals surface area contributed by atoms with E-state index in [0.717, 1.165) is 0 Å². The zero-order chi connectivity index (χ0) is 22.6. The van der Waals surface area contributed by atoms with E-state index in [9.17, 15) is 13.2 Å². The van der Waals surface area contributed by atoms with Crippen molar-refractivity contribution in [2.75, 3.05) is 56.7 Å². The van der Waals surface area contributed by atoms with Gasteiger partial charge in [-0.1, -0.05) is 6.07 Å². The van der Waals surface area contributed by atoms with E-state index in [-0.39, 0.29) is 16.7 Å². The Labute approximate surface area is 188 Å². The Kier molecular flexibility index (Phi) is 6.92. The van der Waals surface area contributed by atoms with Gasteiger partial charge in [0.05, 0.1) is 20.3 Å². The molecule has 4 rings (SSSR count). The molecule has 1 N–H and O–H groups in total. The number of carbonyl (C=O) groups excluding carboxylic acids is 1. The molecule has 0 bridgehead atoms. The molecule has 0 unspecified atom stereocenters. The summed E-state index contributed by atoms with van der Waals surface area (Å²) in [6.07, 6.45) is 2.84. The number of methoxy groups -OCH3 is 1. The van der Waals surface area contributed by atoms with Crippen molar-refractivity contribution in [1.29, 1.82) is 0 Å². The van der Waals surface area contributed by atoms with Gasteiger partial charge in [-0.3, -0.25) is 4.79 Å². The topological polar surface area (TPSA) is 101 Å². The number of hydrogen-bond acceptors (Lipinski definition) is 7.